The van der Waals surface area contributed by atoms with Crippen molar-refractivity contribution in [3.63, 3.8) is 0 Å². The molecule has 2 unspecified atom stereocenters. The molecule has 32 heavy (non-hydrogen) atoms. The highest BCUT2D eigenvalue weighted by atomic mass is 19.1. The molecule has 10 heteroatoms. The Morgan fingerprint density at radius 2 is 1.78 bits per heavy atom. The Balaban J connectivity index is 0.000000506. The minimum absolute atomic E-state index is 0.0341. The monoisotopic (exact) mass is 445 g/mol. The van der Waals surface area contributed by atoms with Gasteiger partial charge in [-0.25, -0.2) is 4.39 Å². The van der Waals surface area contributed by atoms with E-state index < -0.39 is 54.3 Å². The number of pyridine rings is 1. The predicted octanol–water partition coefficient (Wildman–Crippen LogP) is 1.92. The fourth-order valence-electron chi connectivity index (χ4n) is 3.01. The van der Waals surface area contributed by atoms with Gasteiger partial charge in [0.15, 0.2) is 5.78 Å². The molecule has 0 saturated heterocycles. The van der Waals surface area contributed by atoms with Gasteiger partial charge in [-0.3, -0.25) is 24.0 Å². The Kier molecular flexibility index (Phi) is 8.39. The van der Waals surface area contributed by atoms with Crippen LogP contribution in [0.25, 0.3) is 11.1 Å². The highest BCUT2D eigenvalue weighted by molar-refractivity contribution is 5.93. The van der Waals surface area contributed by atoms with E-state index >= 15 is 0 Å². The van der Waals surface area contributed by atoms with E-state index in [0.717, 1.165) is 4.57 Å². The number of amides is 2. The van der Waals surface area contributed by atoms with Crippen LogP contribution >= 0.6 is 0 Å². The van der Waals surface area contributed by atoms with E-state index in [0.29, 0.717) is 0 Å². The van der Waals surface area contributed by atoms with Gasteiger partial charge in [0.05, 0.1) is 6.42 Å². The van der Waals surface area contributed by atoms with Crippen LogP contribution < -0.4 is 16.2 Å². The number of carbonyl (C=O) groups is 4. The summed E-state index contributed by atoms with van der Waals surface area (Å²) in [6.07, 6.45) is 0.690. The van der Waals surface area contributed by atoms with E-state index in [1.807, 2.05) is 0 Å². The van der Waals surface area contributed by atoms with Crippen LogP contribution in [0, 0.1) is 0 Å². The first kappa shape index (κ1) is 24.4. The number of alkyl halides is 1. The maximum absolute atomic E-state index is 12.6. The van der Waals surface area contributed by atoms with Crippen LogP contribution in [0.5, 0.6) is 0 Å². The number of anilines is 1. The van der Waals surface area contributed by atoms with Gasteiger partial charge in [0.25, 0.3) is 5.56 Å². The van der Waals surface area contributed by atoms with Gasteiger partial charge < -0.3 is 20.3 Å². The normalized spacial score (nSPS) is 12.5. The lowest BCUT2D eigenvalue weighted by Gasteiger charge is -2.21. The van der Waals surface area contributed by atoms with Crippen molar-refractivity contribution in [2.45, 2.75) is 38.8 Å². The number of Topliss-reactive ketones (excluding diaryl/α,β-unsaturated/α-hetero) is 1. The highest BCUT2D eigenvalue weighted by Crippen LogP contribution is 2.32. The summed E-state index contributed by atoms with van der Waals surface area (Å²) >= 11 is 0. The standard InChI is InChI=1S/C16H20FN3O6.C6H4/c1-3-12(15(25)19-11(7-14(23)24)13(22)8-17)20-6-4-5-10(16(20)26)18-9(2)21;1-2-5-4-6(5)3-1/h4-6,11-12H,3,7-8H2,1-2H3,(H,18,21)(H,19,25)(H,23,24);1-4H. The number of nitrogens with one attached hydrogen (secondary N) is 2. The van der Waals surface area contributed by atoms with Gasteiger partial charge in [0.2, 0.25) is 11.8 Å². The molecule has 1 aromatic rings. The number of carboxylic acid groups (broad SMARTS) is 1. The minimum Gasteiger partial charge on any atom is -0.481 e. The third kappa shape index (κ3) is 6.59. The topological polar surface area (TPSA) is 135 Å². The van der Waals surface area contributed by atoms with Crippen LogP contribution in [-0.4, -0.2) is 46.0 Å². The predicted molar refractivity (Wildman–Crippen MR) is 115 cm³/mol. The number of nitrogens with zero attached hydrogens (tertiary/aromatic N) is 1. The zero-order valence-corrected chi connectivity index (χ0v) is 17.6. The molecular formula is C22H24FN3O6. The molecule has 2 aliphatic carbocycles. The van der Waals surface area contributed by atoms with Gasteiger partial charge in [-0.15, -0.1) is 0 Å². The van der Waals surface area contributed by atoms with Crippen LogP contribution in [0.4, 0.5) is 10.1 Å². The van der Waals surface area contributed by atoms with E-state index in [-0.39, 0.29) is 12.1 Å². The van der Waals surface area contributed by atoms with Crippen molar-refractivity contribution >= 4 is 29.3 Å². The van der Waals surface area contributed by atoms with Crippen molar-refractivity contribution in [2.24, 2.45) is 0 Å². The molecule has 1 aromatic heterocycles. The number of aliphatic carboxylic acids is 1. The van der Waals surface area contributed by atoms with Crippen LogP contribution in [0.3, 0.4) is 0 Å². The summed E-state index contributed by atoms with van der Waals surface area (Å²) in [5.41, 5.74) is 2.18. The second kappa shape index (κ2) is 11.0. The summed E-state index contributed by atoms with van der Waals surface area (Å²) < 4.78 is 13.6. The van der Waals surface area contributed by atoms with Crippen molar-refractivity contribution in [3.05, 3.63) is 52.9 Å². The molecule has 2 aliphatic rings. The zero-order chi connectivity index (χ0) is 23.8. The average molecular weight is 445 g/mol. The van der Waals surface area contributed by atoms with E-state index in [2.05, 4.69) is 34.9 Å². The number of rotatable bonds is 9. The summed E-state index contributed by atoms with van der Waals surface area (Å²) in [4.78, 5) is 58.3. The van der Waals surface area contributed by atoms with Crippen molar-refractivity contribution in [3.8, 4) is 11.1 Å². The van der Waals surface area contributed by atoms with Gasteiger partial charge in [-0.2, -0.15) is 0 Å². The van der Waals surface area contributed by atoms with Gasteiger partial charge in [0, 0.05) is 13.1 Å². The van der Waals surface area contributed by atoms with Crippen molar-refractivity contribution in [1.29, 1.82) is 0 Å². The number of halogens is 1. The lowest BCUT2D eigenvalue weighted by molar-refractivity contribution is -0.140. The number of ketones is 1. The number of fused-ring (bicyclic) bond motifs is 1. The second-order valence-corrected chi connectivity index (χ2v) is 7.08. The number of hydrogen-bond acceptors (Lipinski definition) is 5. The lowest BCUT2D eigenvalue weighted by Crippen LogP contribution is -2.47. The zero-order valence-electron chi connectivity index (χ0n) is 17.6. The van der Waals surface area contributed by atoms with E-state index in [1.54, 1.807) is 6.92 Å². The fraction of sp³-hybridized carbons (Fsp3) is 0.318. The average Bonchev–Trinajstić information content (AvgIpc) is 3.34. The molecule has 3 rings (SSSR count). The maximum atomic E-state index is 12.6. The number of carbonyl (C=O) groups excluding carboxylic acids is 3. The molecule has 0 aliphatic heterocycles. The van der Waals surface area contributed by atoms with Gasteiger partial charge in [0.1, 0.15) is 24.4 Å². The van der Waals surface area contributed by atoms with Gasteiger partial charge in [-0.1, -0.05) is 25.1 Å². The highest BCUT2D eigenvalue weighted by Gasteiger charge is 2.28. The lowest BCUT2D eigenvalue weighted by atomic mass is 10.1. The first-order valence-electron chi connectivity index (χ1n) is 9.87. The number of hydrogen-bond donors (Lipinski definition) is 3. The van der Waals surface area contributed by atoms with Crippen molar-refractivity contribution in [2.75, 3.05) is 12.0 Å². The first-order chi connectivity index (χ1) is 15.2. The van der Waals surface area contributed by atoms with Crippen LogP contribution in [-0.2, 0) is 19.2 Å². The molecule has 0 bridgehead atoms. The molecular weight excluding hydrogens is 421 g/mol. The smallest absolute Gasteiger partial charge is 0.305 e. The van der Waals surface area contributed by atoms with Crippen molar-refractivity contribution < 1.29 is 28.7 Å². The Morgan fingerprint density at radius 3 is 2.22 bits per heavy atom. The van der Waals surface area contributed by atoms with E-state index in [1.165, 1.54) is 36.4 Å². The molecule has 0 radical (unpaired) electrons. The molecule has 0 fully saturated rings. The molecule has 170 valence electrons. The van der Waals surface area contributed by atoms with E-state index in [4.69, 9.17) is 5.11 Å². The Bertz CT molecular complexity index is 1060. The summed E-state index contributed by atoms with van der Waals surface area (Å²) in [5, 5.41) is 13.3. The van der Waals surface area contributed by atoms with Gasteiger partial charge in [-0.05, 0) is 35.7 Å². The molecule has 9 nitrogen and oxygen atoms in total. The number of carboxylic acids is 1. The Morgan fingerprint density at radius 1 is 1.12 bits per heavy atom. The number of benzene rings is 1. The molecule has 0 spiro atoms. The van der Waals surface area contributed by atoms with Crippen molar-refractivity contribution in [1.82, 2.24) is 9.88 Å². The molecule has 1 heterocycles. The van der Waals surface area contributed by atoms with Crippen LogP contribution in [0.15, 0.2) is 47.4 Å². The minimum atomic E-state index is -1.53. The summed E-state index contributed by atoms with van der Waals surface area (Å²) in [6.45, 7) is 1.40. The molecule has 2 amide bonds. The summed E-state index contributed by atoms with van der Waals surface area (Å²) in [7, 11) is 0. The quantitative estimate of drug-likeness (QED) is 0.461. The van der Waals surface area contributed by atoms with Crippen LogP contribution in [0.1, 0.15) is 32.7 Å². The largest absolute Gasteiger partial charge is 0.481 e. The van der Waals surface area contributed by atoms with Crippen LogP contribution in [0.2, 0.25) is 0 Å². The first-order valence-corrected chi connectivity index (χ1v) is 9.87. The van der Waals surface area contributed by atoms with E-state index in [9.17, 15) is 28.4 Å². The third-order valence-electron chi connectivity index (χ3n) is 4.64. The molecule has 0 aromatic carbocycles. The number of aromatic nitrogens is 1. The summed E-state index contributed by atoms with van der Waals surface area (Å²) in [6, 6.07) is 8.69. The maximum Gasteiger partial charge on any atom is 0.305 e. The third-order valence-corrected chi connectivity index (χ3v) is 4.64. The fourth-order valence-corrected chi connectivity index (χ4v) is 3.01. The molecule has 0 saturated carbocycles. The molecule has 3 N–H and O–H groups in total. The van der Waals surface area contributed by atoms with Gasteiger partial charge >= 0.3 is 5.97 Å². The Hall–Kier alpha value is -3.82. The summed E-state index contributed by atoms with van der Waals surface area (Å²) in [5.74, 6) is -3.72. The second-order valence-electron chi connectivity index (χ2n) is 7.08. The molecule has 2 atom stereocenters. The Labute approximate surface area is 183 Å². The SMILES string of the molecule is CCC(C(=O)NC(CC(=O)O)C(=O)CF)n1cccc(NC(C)=O)c1=O.c1cc2cc-2c1.